The number of aliphatic hydroxyl groups is 1. The molecule has 0 aliphatic carbocycles. The standard InChI is InChI=1S/C12H17NOS/c1-8-4-5-11-10(6-8)13(3)9(2)12(7-14)15-11/h4-6,9,12,14H,7H2,1-3H3. The third-order valence-electron chi connectivity index (χ3n) is 3.10. The summed E-state index contributed by atoms with van der Waals surface area (Å²) in [5.41, 5.74) is 2.58. The van der Waals surface area contributed by atoms with Crippen molar-refractivity contribution in [3.63, 3.8) is 0 Å². The number of rotatable bonds is 1. The molecule has 0 saturated carbocycles. The van der Waals surface area contributed by atoms with Gasteiger partial charge in [0.25, 0.3) is 0 Å². The van der Waals surface area contributed by atoms with Crippen molar-refractivity contribution in [1.82, 2.24) is 0 Å². The van der Waals surface area contributed by atoms with Crippen molar-refractivity contribution in [2.75, 3.05) is 18.6 Å². The highest BCUT2D eigenvalue weighted by molar-refractivity contribution is 8.00. The lowest BCUT2D eigenvalue weighted by molar-refractivity contribution is 0.282. The summed E-state index contributed by atoms with van der Waals surface area (Å²) in [6.07, 6.45) is 0. The fraction of sp³-hybridized carbons (Fsp3) is 0.500. The molecule has 2 atom stereocenters. The van der Waals surface area contributed by atoms with E-state index < -0.39 is 0 Å². The molecule has 1 aliphatic heterocycles. The van der Waals surface area contributed by atoms with Gasteiger partial charge in [-0.25, -0.2) is 0 Å². The number of aliphatic hydroxyl groups excluding tert-OH is 1. The third kappa shape index (κ3) is 1.86. The van der Waals surface area contributed by atoms with Crippen LogP contribution in [0.1, 0.15) is 12.5 Å². The predicted octanol–water partition coefficient (Wildman–Crippen LogP) is 2.29. The Balaban J connectivity index is 2.40. The van der Waals surface area contributed by atoms with E-state index in [4.69, 9.17) is 0 Å². The summed E-state index contributed by atoms with van der Waals surface area (Å²) >= 11 is 1.79. The van der Waals surface area contributed by atoms with Gasteiger partial charge in [-0.2, -0.15) is 0 Å². The Kier molecular flexibility index (Phi) is 2.94. The van der Waals surface area contributed by atoms with Gasteiger partial charge in [-0.1, -0.05) is 6.07 Å². The van der Waals surface area contributed by atoms with Crippen molar-refractivity contribution >= 4 is 17.4 Å². The number of aryl methyl sites for hydroxylation is 1. The maximum Gasteiger partial charge on any atom is 0.0573 e. The van der Waals surface area contributed by atoms with Crippen LogP contribution in [-0.2, 0) is 0 Å². The van der Waals surface area contributed by atoms with Crippen LogP contribution in [0.15, 0.2) is 23.1 Å². The average Bonchev–Trinajstić information content (AvgIpc) is 2.24. The maximum atomic E-state index is 9.31. The minimum absolute atomic E-state index is 0.240. The SMILES string of the molecule is Cc1ccc2c(c1)N(C)C(C)C(CO)S2. The first kappa shape index (κ1) is 10.8. The zero-order valence-electron chi connectivity index (χ0n) is 9.40. The quantitative estimate of drug-likeness (QED) is 0.790. The van der Waals surface area contributed by atoms with Gasteiger partial charge in [0.05, 0.1) is 17.5 Å². The first-order valence-corrected chi connectivity index (χ1v) is 6.12. The zero-order chi connectivity index (χ0) is 11.0. The van der Waals surface area contributed by atoms with E-state index in [0.717, 1.165) is 0 Å². The fourth-order valence-electron chi connectivity index (χ4n) is 1.92. The van der Waals surface area contributed by atoms with E-state index in [-0.39, 0.29) is 11.9 Å². The first-order chi connectivity index (χ1) is 7.13. The Hall–Kier alpha value is -0.670. The number of thioether (sulfide) groups is 1. The topological polar surface area (TPSA) is 23.5 Å². The average molecular weight is 223 g/mol. The highest BCUT2D eigenvalue weighted by Gasteiger charge is 2.29. The van der Waals surface area contributed by atoms with Crippen molar-refractivity contribution in [2.24, 2.45) is 0 Å². The summed E-state index contributed by atoms with van der Waals surface area (Å²) in [5, 5.41) is 9.59. The van der Waals surface area contributed by atoms with Crippen molar-refractivity contribution in [1.29, 1.82) is 0 Å². The molecule has 15 heavy (non-hydrogen) atoms. The molecule has 2 unspecified atom stereocenters. The molecule has 1 heterocycles. The molecule has 82 valence electrons. The molecule has 0 radical (unpaired) electrons. The highest BCUT2D eigenvalue weighted by atomic mass is 32.2. The second kappa shape index (κ2) is 4.06. The molecule has 2 rings (SSSR count). The second-order valence-corrected chi connectivity index (χ2v) is 5.44. The molecule has 0 fully saturated rings. The van der Waals surface area contributed by atoms with E-state index in [1.807, 2.05) is 0 Å². The van der Waals surface area contributed by atoms with Gasteiger partial charge in [0.2, 0.25) is 0 Å². The molecular formula is C12H17NOS. The molecule has 2 nitrogen and oxygen atoms in total. The van der Waals surface area contributed by atoms with Gasteiger partial charge >= 0.3 is 0 Å². The zero-order valence-corrected chi connectivity index (χ0v) is 10.2. The molecule has 1 aromatic carbocycles. The fourth-order valence-corrected chi connectivity index (χ4v) is 3.17. The third-order valence-corrected chi connectivity index (χ3v) is 4.55. The maximum absolute atomic E-state index is 9.31. The number of hydrogen-bond acceptors (Lipinski definition) is 3. The monoisotopic (exact) mass is 223 g/mol. The molecule has 0 spiro atoms. The van der Waals surface area contributed by atoms with E-state index in [2.05, 4.69) is 44.0 Å². The van der Waals surface area contributed by atoms with E-state index in [1.165, 1.54) is 16.1 Å². The lowest BCUT2D eigenvalue weighted by atomic mass is 10.1. The smallest absolute Gasteiger partial charge is 0.0573 e. The van der Waals surface area contributed by atoms with Crippen LogP contribution in [0.5, 0.6) is 0 Å². The van der Waals surface area contributed by atoms with E-state index in [9.17, 15) is 5.11 Å². The lowest BCUT2D eigenvalue weighted by Gasteiger charge is -2.38. The number of hydrogen-bond donors (Lipinski definition) is 1. The normalized spacial score (nSPS) is 25.2. The number of fused-ring (bicyclic) bond motifs is 1. The minimum atomic E-state index is 0.240. The van der Waals surface area contributed by atoms with Crippen molar-refractivity contribution in [2.45, 2.75) is 30.0 Å². The highest BCUT2D eigenvalue weighted by Crippen LogP contribution is 2.40. The predicted molar refractivity (Wildman–Crippen MR) is 65.8 cm³/mol. The summed E-state index contributed by atoms with van der Waals surface area (Å²) in [7, 11) is 2.10. The van der Waals surface area contributed by atoms with Gasteiger partial charge in [0.15, 0.2) is 0 Å². The van der Waals surface area contributed by atoms with Gasteiger partial charge in [-0.3, -0.25) is 0 Å². The number of anilines is 1. The number of nitrogens with zero attached hydrogens (tertiary/aromatic N) is 1. The summed E-state index contributed by atoms with van der Waals surface area (Å²) < 4.78 is 0. The Morgan fingerprint density at radius 3 is 2.87 bits per heavy atom. The summed E-state index contributed by atoms with van der Waals surface area (Å²) in [4.78, 5) is 3.54. The molecule has 0 amide bonds. The number of benzene rings is 1. The Morgan fingerprint density at radius 2 is 2.20 bits per heavy atom. The lowest BCUT2D eigenvalue weighted by Crippen LogP contribution is -2.42. The van der Waals surface area contributed by atoms with Crippen LogP contribution in [-0.4, -0.2) is 30.1 Å². The minimum Gasteiger partial charge on any atom is -0.395 e. The molecule has 3 heteroatoms. The van der Waals surface area contributed by atoms with Gasteiger partial charge in [-0.15, -0.1) is 11.8 Å². The van der Waals surface area contributed by atoms with Gasteiger partial charge in [0.1, 0.15) is 0 Å². The second-order valence-electron chi connectivity index (χ2n) is 4.16. The molecule has 1 aromatic rings. The Labute approximate surface area is 95.3 Å². The van der Waals surface area contributed by atoms with Crippen LogP contribution < -0.4 is 4.90 Å². The van der Waals surface area contributed by atoms with E-state index in [0.29, 0.717) is 6.04 Å². The van der Waals surface area contributed by atoms with Crippen LogP contribution in [0.3, 0.4) is 0 Å². The Morgan fingerprint density at radius 1 is 1.47 bits per heavy atom. The summed E-state index contributed by atoms with van der Waals surface area (Å²) in [6, 6.07) is 6.88. The van der Waals surface area contributed by atoms with E-state index in [1.54, 1.807) is 11.8 Å². The van der Waals surface area contributed by atoms with Crippen molar-refractivity contribution in [3.8, 4) is 0 Å². The Bertz CT molecular complexity index is 367. The van der Waals surface area contributed by atoms with Crippen LogP contribution in [0.2, 0.25) is 0 Å². The molecule has 0 saturated heterocycles. The molecule has 1 N–H and O–H groups in total. The van der Waals surface area contributed by atoms with Crippen LogP contribution >= 0.6 is 11.8 Å². The molecule has 0 aromatic heterocycles. The van der Waals surface area contributed by atoms with Gasteiger partial charge in [-0.05, 0) is 31.5 Å². The van der Waals surface area contributed by atoms with Crippen LogP contribution in [0.25, 0.3) is 0 Å². The van der Waals surface area contributed by atoms with Crippen molar-refractivity contribution in [3.05, 3.63) is 23.8 Å². The largest absolute Gasteiger partial charge is 0.395 e. The van der Waals surface area contributed by atoms with Gasteiger partial charge in [0, 0.05) is 18.0 Å². The van der Waals surface area contributed by atoms with Gasteiger partial charge < -0.3 is 10.0 Å². The first-order valence-electron chi connectivity index (χ1n) is 5.24. The van der Waals surface area contributed by atoms with Crippen LogP contribution in [0.4, 0.5) is 5.69 Å². The van der Waals surface area contributed by atoms with Crippen molar-refractivity contribution < 1.29 is 5.11 Å². The van der Waals surface area contributed by atoms with Crippen LogP contribution in [0, 0.1) is 6.92 Å². The molecule has 1 aliphatic rings. The summed E-state index contributed by atoms with van der Waals surface area (Å²) in [6.45, 7) is 4.52. The molecular weight excluding hydrogens is 206 g/mol. The van der Waals surface area contributed by atoms with E-state index >= 15 is 0 Å². The summed E-state index contributed by atoms with van der Waals surface area (Å²) in [5.74, 6) is 0. The molecule has 0 bridgehead atoms.